The van der Waals surface area contributed by atoms with Crippen molar-refractivity contribution in [3.8, 4) is 0 Å². The van der Waals surface area contributed by atoms with Crippen LogP contribution >= 0.6 is 11.6 Å². The van der Waals surface area contributed by atoms with Gasteiger partial charge in [0, 0.05) is 0 Å². The SMILES string of the molecule is CC1(C)O[C@H]2C=C[C@H](O)[C@@](O)(Cl)[C@H]2O1.[O]=[Mn][OH]. The van der Waals surface area contributed by atoms with Crippen LogP contribution in [0.25, 0.3) is 0 Å². The van der Waals surface area contributed by atoms with Crippen molar-refractivity contribution in [2.24, 2.45) is 0 Å². The van der Waals surface area contributed by atoms with Gasteiger partial charge in [0.25, 0.3) is 0 Å². The molecular weight excluding hydrogens is 294 g/mol. The maximum atomic E-state index is 9.80. The van der Waals surface area contributed by atoms with Crippen LogP contribution in [0.15, 0.2) is 12.2 Å². The molecule has 0 radical (unpaired) electrons. The number of alkyl halides is 1. The Hall–Kier alpha value is 0.149. The second-order valence-corrected chi connectivity index (χ2v) is 4.97. The summed E-state index contributed by atoms with van der Waals surface area (Å²) in [6, 6.07) is 0. The van der Waals surface area contributed by atoms with Crippen LogP contribution < -0.4 is 0 Å². The van der Waals surface area contributed by atoms with Gasteiger partial charge >= 0.3 is 23.2 Å². The molecule has 0 aromatic rings. The summed E-state index contributed by atoms with van der Waals surface area (Å²) < 4.78 is 26.5. The Labute approximate surface area is 110 Å². The zero-order valence-electron chi connectivity index (χ0n) is 9.21. The molecule has 1 fully saturated rings. The molecule has 8 heteroatoms. The van der Waals surface area contributed by atoms with Crippen LogP contribution in [0.2, 0.25) is 0 Å². The summed E-state index contributed by atoms with van der Waals surface area (Å²) in [5.41, 5.74) is 0. The number of aliphatic hydroxyl groups excluding tert-OH is 1. The van der Waals surface area contributed by atoms with Crippen LogP contribution in [0.4, 0.5) is 0 Å². The normalized spacial score (nSPS) is 42.6. The minimum absolute atomic E-state index is 0.407. The predicted molar refractivity (Wildman–Crippen MR) is 52.7 cm³/mol. The zero-order chi connectivity index (χ0) is 13.3. The van der Waals surface area contributed by atoms with Gasteiger partial charge < -0.3 is 19.7 Å². The summed E-state index contributed by atoms with van der Waals surface area (Å²) in [7, 11) is 0. The molecule has 2 aliphatic rings. The van der Waals surface area contributed by atoms with Gasteiger partial charge in [-0.2, -0.15) is 0 Å². The van der Waals surface area contributed by atoms with Crippen LogP contribution in [-0.2, 0) is 28.5 Å². The molecule has 0 saturated carbocycles. The van der Waals surface area contributed by atoms with Gasteiger partial charge in [0.15, 0.2) is 10.8 Å². The van der Waals surface area contributed by atoms with Crippen molar-refractivity contribution in [3.63, 3.8) is 0 Å². The molecule has 1 aliphatic carbocycles. The molecule has 6 nitrogen and oxygen atoms in total. The molecular formula is C9H14ClMnO6. The Morgan fingerprint density at radius 3 is 2.41 bits per heavy atom. The van der Waals surface area contributed by atoms with E-state index in [0.717, 1.165) is 0 Å². The molecule has 1 heterocycles. The number of rotatable bonds is 0. The Kier molecular flexibility index (Phi) is 4.85. The Bertz CT molecular complexity index is 319. The molecule has 0 spiro atoms. The van der Waals surface area contributed by atoms with E-state index in [1.165, 1.54) is 6.08 Å². The molecule has 100 valence electrons. The third kappa shape index (κ3) is 3.33. The van der Waals surface area contributed by atoms with Crippen molar-refractivity contribution in [3.05, 3.63) is 12.2 Å². The van der Waals surface area contributed by atoms with E-state index >= 15 is 0 Å². The fourth-order valence-electron chi connectivity index (χ4n) is 1.76. The number of aliphatic hydroxyl groups is 2. The molecule has 1 aliphatic heterocycles. The Morgan fingerprint density at radius 2 is 1.88 bits per heavy atom. The minimum atomic E-state index is -1.81. The summed E-state index contributed by atoms with van der Waals surface area (Å²) in [4.78, 5) is 0. The number of hydrogen-bond donors (Lipinski definition) is 3. The Balaban J connectivity index is 0.000000437. The predicted octanol–water partition coefficient (Wildman–Crippen LogP) is -0.314. The van der Waals surface area contributed by atoms with Crippen molar-refractivity contribution >= 4 is 11.6 Å². The molecule has 0 aromatic carbocycles. The molecule has 0 aromatic heterocycles. The fourth-order valence-corrected chi connectivity index (χ4v) is 2.00. The second-order valence-electron chi connectivity index (χ2n) is 4.15. The van der Waals surface area contributed by atoms with Gasteiger partial charge in [0.1, 0.15) is 18.3 Å². The van der Waals surface area contributed by atoms with Crippen molar-refractivity contribution < 1.29 is 42.9 Å². The summed E-state index contributed by atoms with van der Waals surface area (Å²) in [5.74, 6) is -0.785. The first-order chi connectivity index (χ1) is 7.74. The number of ether oxygens (including phenoxy) is 2. The molecule has 4 atom stereocenters. The summed E-state index contributed by atoms with van der Waals surface area (Å²) in [6.45, 7) is 3.47. The van der Waals surface area contributed by atoms with Gasteiger partial charge in [-0.25, -0.2) is 0 Å². The van der Waals surface area contributed by atoms with Gasteiger partial charge in [-0.05, 0) is 13.8 Å². The fraction of sp³-hybridized carbons (Fsp3) is 0.778. The molecule has 0 bridgehead atoms. The van der Waals surface area contributed by atoms with Gasteiger partial charge in [-0.15, -0.1) is 0 Å². The molecule has 1 saturated heterocycles. The van der Waals surface area contributed by atoms with E-state index < -0.39 is 44.4 Å². The quantitative estimate of drug-likeness (QED) is 0.323. The van der Waals surface area contributed by atoms with E-state index in [2.05, 4.69) is 0 Å². The average molecular weight is 309 g/mol. The zero-order valence-corrected chi connectivity index (χ0v) is 11.1. The number of hydrogen-bond acceptors (Lipinski definition) is 5. The van der Waals surface area contributed by atoms with Crippen LogP contribution in [0, 0.1) is 0 Å². The Morgan fingerprint density at radius 1 is 1.35 bits per heavy atom. The van der Waals surface area contributed by atoms with Crippen molar-refractivity contribution in [2.45, 2.75) is 43.0 Å². The van der Waals surface area contributed by atoms with Gasteiger partial charge in [-0.1, -0.05) is 23.8 Å². The van der Waals surface area contributed by atoms with Crippen LogP contribution in [0.3, 0.4) is 0 Å². The summed E-state index contributed by atoms with van der Waals surface area (Å²) >= 11 is 4.61. The first-order valence-electron chi connectivity index (χ1n) is 4.78. The van der Waals surface area contributed by atoms with E-state index in [4.69, 9.17) is 29.1 Å². The monoisotopic (exact) mass is 308 g/mol. The first-order valence-corrected chi connectivity index (χ1v) is 6.17. The number of fused-ring (bicyclic) bond motifs is 1. The second kappa shape index (κ2) is 5.42. The van der Waals surface area contributed by atoms with Crippen LogP contribution in [0.5, 0.6) is 0 Å². The third-order valence-corrected chi connectivity index (χ3v) is 2.86. The summed E-state index contributed by atoms with van der Waals surface area (Å²) in [6.07, 6.45) is 0.790. The van der Waals surface area contributed by atoms with Crippen molar-refractivity contribution in [2.75, 3.05) is 0 Å². The molecule has 17 heavy (non-hydrogen) atoms. The van der Waals surface area contributed by atoms with E-state index in [0.29, 0.717) is 0 Å². The molecule has 2 rings (SSSR count). The van der Waals surface area contributed by atoms with Crippen LogP contribution in [0.1, 0.15) is 13.8 Å². The van der Waals surface area contributed by atoms with Gasteiger partial charge in [0.2, 0.25) is 0 Å². The molecule has 0 amide bonds. The third-order valence-electron chi connectivity index (χ3n) is 2.43. The summed E-state index contributed by atoms with van der Waals surface area (Å²) in [5, 5.41) is 17.4. The van der Waals surface area contributed by atoms with E-state index in [9.17, 15) is 10.2 Å². The molecule has 3 N–H and O–H groups in total. The average Bonchev–Trinajstić information content (AvgIpc) is 2.51. The topological polar surface area (TPSA) is 96.2 Å². The first kappa shape index (κ1) is 15.2. The number of halogens is 1. The van der Waals surface area contributed by atoms with Gasteiger partial charge in [0.05, 0.1) is 0 Å². The molecule has 0 unspecified atom stereocenters. The van der Waals surface area contributed by atoms with Crippen molar-refractivity contribution in [1.29, 1.82) is 0 Å². The van der Waals surface area contributed by atoms with Crippen molar-refractivity contribution in [1.82, 2.24) is 0 Å². The standard InChI is InChI=1S/C9H13ClO4.Mn.H2O.O/c1-8(2)13-5-3-4-6(11)9(10,12)7(5)14-8;;;/h3-7,11-12H,1-2H3;;1H2;/q;+1;;/p-1/t5-,6-,7-,9-;;;/m0.../s1. The van der Waals surface area contributed by atoms with Crippen LogP contribution in [-0.4, -0.2) is 43.6 Å². The van der Waals surface area contributed by atoms with Gasteiger partial charge in [-0.3, -0.25) is 0 Å². The van der Waals surface area contributed by atoms with E-state index in [1.54, 1.807) is 19.9 Å². The van der Waals surface area contributed by atoms with E-state index in [1.807, 2.05) is 0 Å². The maximum absolute atomic E-state index is 9.80. The van der Waals surface area contributed by atoms with E-state index in [-0.39, 0.29) is 0 Å².